The van der Waals surface area contributed by atoms with Gasteiger partial charge in [0.25, 0.3) is 5.91 Å². The monoisotopic (exact) mass is 432 g/mol. The van der Waals surface area contributed by atoms with Crippen molar-refractivity contribution < 1.29 is 14.3 Å². The molecule has 1 amide bonds. The van der Waals surface area contributed by atoms with Gasteiger partial charge in [-0.25, -0.2) is 4.39 Å². The quantitative estimate of drug-likeness (QED) is 0.599. The Morgan fingerprint density at radius 2 is 1.97 bits per heavy atom. The molecule has 2 aliphatic heterocycles. The first-order valence-corrected chi connectivity index (χ1v) is 10.4. The van der Waals surface area contributed by atoms with Crippen molar-refractivity contribution in [3.63, 3.8) is 0 Å². The van der Waals surface area contributed by atoms with E-state index < -0.39 is 23.1 Å². The van der Waals surface area contributed by atoms with E-state index in [2.05, 4.69) is 4.98 Å². The van der Waals surface area contributed by atoms with Crippen LogP contribution in [0.5, 0.6) is 5.75 Å². The van der Waals surface area contributed by atoms with Gasteiger partial charge in [-0.15, -0.1) is 0 Å². The topological polar surface area (TPSA) is 78.7 Å². The third-order valence-corrected chi connectivity index (χ3v) is 5.87. The molecule has 5 rings (SSSR count). The highest BCUT2D eigenvalue weighted by atomic mass is 19.1. The van der Waals surface area contributed by atoms with E-state index in [1.165, 1.54) is 29.1 Å². The van der Waals surface area contributed by atoms with Gasteiger partial charge in [0.15, 0.2) is 11.4 Å². The maximum atomic E-state index is 14.2. The van der Waals surface area contributed by atoms with E-state index in [-0.39, 0.29) is 18.2 Å². The number of nitrogens with zero attached hydrogens (tertiary/aromatic N) is 4. The van der Waals surface area contributed by atoms with Crippen LogP contribution in [0.1, 0.15) is 39.8 Å². The lowest BCUT2D eigenvalue weighted by molar-refractivity contribution is 0.0701. The summed E-state index contributed by atoms with van der Waals surface area (Å²) in [5, 5.41) is 12.4. The lowest BCUT2D eigenvalue weighted by atomic mass is 9.94. The molecule has 32 heavy (non-hydrogen) atoms. The van der Waals surface area contributed by atoms with Gasteiger partial charge in [-0.05, 0) is 48.2 Å². The Kier molecular flexibility index (Phi) is 4.97. The Bertz CT molecular complexity index is 1270. The van der Waals surface area contributed by atoms with Gasteiger partial charge in [-0.2, -0.15) is 0 Å². The maximum Gasteiger partial charge on any atom is 0.278 e. The molecule has 0 unspecified atom stereocenters. The second kappa shape index (κ2) is 7.96. The van der Waals surface area contributed by atoms with Crippen molar-refractivity contribution >= 4 is 5.91 Å². The molecule has 4 heterocycles. The summed E-state index contributed by atoms with van der Waals surface area (Å²) in [6.07, 6.45) is 8.31. The molecule has 0 fully saturated rings. The van der Waals surface area contributed by atoms with E-state index in [0.717, 1.165) is 11.1 Å². The van der Waals surface area contributed by atoms with Crippen LogP contribution in [0.3, 0.4) is 0 Å². The molecule has 1 atom stereocenters. The van der Waals surface area contributed by atoms with Crippen LogP contribution in [-0.2, 0) is 6.42 Å². The molecule has 3 aromatic rings. The summed E-state index contributed by atoms with van der Waals surface area (Å²) in [5.41, 5.74) is 1.66. The Balaban J connectivity index is 1.80. The zero-order valence-electron chi connectivity index (χ0n) is 17.2. The number of rotatable bonds is 1. The third kappa shape index (κ3) is 3.33. The van der Waals surface area contributed by atoms with Crippen LogP contribution in [0.2, 0.25) is 0 Å². The molecule has 2 aliphatic rings. The summed E-state index contributed by atoms with van der Waals surface area (Å²) in [6.45, 7) is 0.508. The highest BCUT2D eigenvalue weighted by molar-refractivity contribution is 5.96. The van der Waals surface area contributed by atoms with Crippen molar-refractivity contribution in [2.24, 2.45) is 0 Å². The summed E-state index contributed by atoms with van der Waals surface area (Å²) in [4.78, 5) is 31.4. The number of carbonyl (C=O) groups is 1. The minimum atomic E-state index is -0.622. The summed E-state index contributed by atoms with van der Waals surface area (Å²) >= 11 is 0. The summed E-state index contributed by atoms with van der Waals surface area (Å²) in [7, 11) is 0. The molecule has 1 N–H and O–H groups in total. The molecule has 162 valence electrons. The number of amides is 1. The van der Waals surface area contributed by atoms with Gasteiger partial charge in [0.2, 0.25) is 5.43 Å². The van der Waals surface area contributed by atoms with Crippen LogP contribution in [0, 0.1) is 5.82 Å². The van der Waals surface area contributed by atoms with Gasteiger partial charge in [-0.1, -0.05) is 24.3 Å². The van der Waals surface area contributed by atoms with Crippen molar-refractivity contribution in [2.75, 3.05) is 18.2 Å². The first-order chi connectivity index (χ1) is 15.5. The van der Waals surface area contributed by atoms with Gasteiger partial charge in [-0.3, -0.25) is 24.3 Å². The van der Waals surface area contributed by atoms with Crippen LogP contribution in [0.25, 0.3) is 0 Å². The largest absolute Gasteiger partial charge is 0.502 e. The normalized spacial score (nSPS) is 19.0. The van der Waals surface area contributed by atoms with E-state index in [4.69, 9.17) is 0 Å². The summed E-state index contributed by atoms with van der Waals surface area (Å²) in [5.74, 6) is -1.34. The molecule has 7 nitrogen and oxygen atoms in total. The standard InChI is InChI=1S/C24H21FN4O3/c25-17-8-9-18-16(14-17)6-2-1-5-12-27-15-29(21(18)19-7-3-4-11-26-19)28-13-10-20(30)23(31)22(28)24(27)32/h1,3-5,7-11,13-14,21,31H,2,6,12,15H2/b5-1+/t21-/m1/s1. The second-order valence-electron chi connectivity index (χ2n) is 7.84. The fourth-order valence-electron chi connectivity index (χ4n) is 4.36. The number of halogens is 1. The van der Waals surface area contributed by atoms with Gasteiger partial charge < -0.3 is 10.0 Å². The molecule has 0 saturated heterocycles. The summed E-state index contributed by atoms with van der Waals surface area (Å²) < 4.78 is 15.7. The Hall–Kier alpha value is -3.94. The van der Waals surface area contributed by atoms with E-state index in [9.17, 15) is 19.1 Å². The van der Waals surface area contributed by atoms with Crippen LogP contribution in [0.15, 0.2) is 71.8 Å². The lowest BCUT2D eigenvalue weighted by Gasteiger charge is -2.43. The Morgan fingerprint density at radius 3 is 2.78 bits per heavy atom. The second-order valence-corrected chi connectivity index (χ2v) is 7.84. The number of allylic oxidation sites excluding steroid dienone is 1. The average molecular weight is 432 g/mol. The van der Waals surface area contributed by atoms with Gasteiger partial charge in [0.1, 0.15) is 18.5 Å². The number of aromatic nitrogens is 2. The predicted octanol–water partition coefficient (Wildman–Crippen LogP) is 2.73. The molecule has 2 bridgehead atoms. The fraction of sp³-hybridized carbons (Fsp3) is 0.208. The molecule has 8 heteroatoms. The van der Waals surface area contributed by atoms with Gasteiger partial charge in [0, 0.05) is 25.0 Å². The van der Waals surface area contributed by atoms with Crippen LogP contribution in [0.4, 0.5) is 4.39 Å². The third-order valence-electron chi connectivity index (χ3n) is 5.87. The zero-order chi connectivity index (χ0) is 22.2. The number of aromatic hydroxyl groups is 1. The number of fused-ring (bicyclic) bond motifs is 5. The number of carbonyl (C=O) groups excluding carboxylic acids is 1. The van der Waals surface area contributed by atoms with Crippen molar-refractivity contribution in [1.82, 2.24) is 14.6 Å². The van der Waals surface area contributed by atoms with Crippen molar-refractivity contribution in [1.29, 1.82) is 0 Å². The van der Waals surface area contributed by atoms with E-state index >= 15 is 0 Å². The van der Waals surface area contributed by atoms with E-state index in [1.54, 1.807) is 17.2 Å². The van der Waals surface area contributed by atoms with Crippen LogP contribution < -0.4 is 10.4 Å². The molecule has 0 aliphatic carbocycles. The number of hydrogen-bond donors (Lipinski definition) is 1. The molecular formula is C24H21FN4O3. The Labute approximate surface area is 183 Å². The van der Waals surface area contributed by atoms with Gasteiger partial charge >= 0.3 is 0 Å². The van der Waals surface area contributed by atoms with Crippen molar-refractivity contribution in [3.8, 4) is 5.75 Å². The smallest absolute Gasteiger partial charge is 0.278 e. The number of aryl methyl sites for hydroxylation is 1. The number of hydrogen-bond acceptors (Lipinski definition) is 5. The SMILES string of the molecule is O=C1c2c(O)c(=O)ccn2N2CN1C/C=C/CCc1cc(F)ccc1[C@@H]2c1ccccn1. The summed E-state index contributed by atoms with van der Waals surface area (Å²) in [6, 6.07) is 11.0. The zero-order valence-corrected chi connectivity index (χ0v) is 17.2. The predicted molar refractivity (Wildman–Crippen MR) is 116 cm³/mol. The molecule has 0 radical (unpaired) electrons. The first kappa shape index (κ1) is 20.0. The van der Waals surface area contributed by atoms with E-state index in [0.29, 0.717) is 25.1 Å². The minimum Gasteiger partial charge on any atom is -0.502 e. The average Bonchev–Trinajstić information content (AvgIpc) is 2.82. The maximum absolute atomic E-state index is 14.2. The van der Waals surface area contributed by atoms with Crippen molar-refractivity contribution in [2.45, 2.75) is 18.9 Å². The highest BCUT2D eigenvalue weighted by Crippen LogP contribution is 2.34. The van der Waals surface area contributed by atoms with Crippen molar-refractivity contribution in [3.05, 3.63) is 106 Å². The first-order valence-electron chi connectivity index (χ1n) is 10.4. The molecule has 2 aromatic heterocycles. The molecule has 0 spiro atoms. The van der Waals surface area contributed by atoms with Gasteiger partial charge in [0.05, 0.1) is 5.69 Å². The fourth-order valence-corrected chi connectivity index (χ4v) is 4.36. The van der Waals surface area contributed by atoms with Crippen LogP contribution in [-0.4, -0.2) is 38.8 Å². The minimum absolute atomic E-state index is 0.0963. The highest BCUT2D eigenvalue weighted by Gasteiger charge is 2.37. The number of benzene rings is 1. The lowest BCUT2D eigenvalue weighted by Crippen LogP contribution is -2.55. The number of pyridine rings is 2. The Morgan fingerprint density at radius 1 is 1.09 bits per heavy atom. The van der Waals surface area contributed by atoms with Crippen LogP contribution >= 0.6 is 0 Å². The molecule has 1 aromatic carbocycles. The molecule has 0 saturated carbocycles. The molecular weight excluding hydrogens is 411 g/mol. The van der Waals surface area contributed by atoms with E-state index in [1.807, 2.05) is 35.4 Å².